The van der Waals surface area contributed by atoms with Crippen LogP contribution in [0, 0.1) is 0 Å². The maximum absolute atomic E-state index is 12.8. The summed E-state index contributed by atoms with van der Waals surface area (Å²) in [5, 5.41) is 2.97. The first kappa shape index (κ1) is 22.5. The number of hydrogen-bond donors (Lipinski definition) is 1. The second-order valence-electron chi connectivity index (χ2n) is 7.60. The van der Waals surface area contributed by atoms with Crippen LogP contribution in [0.1, 0.15) is 42.1 Å². The van der Waals surface area contributed by atoms with Gasteiger partial charge in [-0.05, 0) is 68.7 Å². The third-order valence-electron chi connectivity index (χ3n) is 5.44. The highest BCUT2D eigenvalue weighted by atomic mass is 32.2. The molecule has 0 aromatic heterocycles. The molecule has 0 spiro atoms. The van der Waals surface area contributed by atoms with Gasteiger partial charge in [0.1, 0.15) is 0 Å². The van der Waals surface area contributed by atoms with Crippen molar-refractivity contribution in [3.05, 3.63) is 65.7 Å². The van der Waals surface area contributed by atoms with Crippen molar-refractivity contribution >= 4 is 15.9 Å². The SMILES string of the molecule is CCN(Cc1ccc(C(=O)NCCCN2CCCC2)cc1)S(=O)(=O)c1ccccc1. The average molecular weight is 430 g/mol. The van der Waals surface area contributed by atoms with Crippen molar-refractivity contribution in [2.45, 2.75) is 37.6 Å². The molecule has 1 N–H and O–H groups in total. The molecular weight excluding hydrogens is 398 g/mol. The molecular formula is C23H31N3O3S. The minimum absolute atomic E-state index is 0.0905. The molecule has 0 aliphatic carbocycles. The molecule has 1 aliphatic rings. The van der Waals surface area contributed by atoms with Crippen LogP contribution in [0.3, 0.4) is 0 Å². The van der Waals surface area contributed by atoms with Gasteiger partial charge in [0.05, 0.1) is 4.90 Å². The summed E-state index contributed by atoms with van der Waals surface area (Å²) < 4.78 is 27.1. The van der Waals surface area contributed by atoms with Gasteiger partial charge in [-0.2, -0.15) is 4.31 Å². The number of nitrogens with zero attached hydrogens (tertiary/aromatic N) is 2. The molecule has 30 heavy (non-hydrogen) atoms. The Hall–Kier alpha value is -2.22. The minimum Gasteiger partial charge on any atom is -0.352 e. The van der Waals surface area contributed by atoms with E-state index in [0.29, 0.717) is 18.7 Å². The predicted molar refractivity (Wildman–Crippen MR) is 119 cm³/mol. The number of carbonyl (C=O) groups excluding carboxylic acids is 1. The number of likely N-dealkylation sites (tertiary alicyclic amines) is 1. The fraction of sp³-hybridized carbons (Fsp3) is 0.435. The van der Waals surface area contributed by atoms with Crippen LogP contribution >= 0.6 is 0 Å². The van der Waals surface area contributed by atoms with E-state index in [1.165, 1.54) is 30.2 Å². The Morgan fingerprint density at radius 2 is 1.70 bits per heavy atom. The summed E-state index contributed by atoms with van der Waals surface area (Å²) in [6.07, 6.45) is 3.51. The molecule has 162 valence electrons. The van der Waals surface area contributed by atoms with E-state index < -0.39 is 10.0 Å². The molecule has 1 aliphatic heterocycles. The van der Waals surface area contributed by atoms with Gasteiger partial charge < -0.3 is 10.2 Å². The number of rotatable bonds is 10. The second kappa shape index (κ2) is 10.7. The summed E-state index contributed by atoms with van der Waals surface area (Å²) in [6.45, 7) is 6.50. The van der Waals surface area contributed by atoms with Crippen LogP contribution in [0.25, 0.3) is 0 Å². The summed E-state index contributed by atoms with van der Waals surface area (Å²) in [5.74, 6) is -0.0905. The molecule has 1 saturated heterocycles. The van der Waals surface area contributed by atoms with E-state index in [4.69, 9.17) is 0 Å². The van der Waals surface area contributed by atoms with Crippen molar-refractivity contribution in [3.63, 3.8) is 0 Å². The largest absolute Gasteiger partial charge is 0.352 e. The Bertz CT molecular complexity index is 908. The molecule has 1 heterocycles. The molecule has 7 heteroatoms. The molecule has 3 rings (SSSR count). The van der Waals surface area contributed by atoms with Gasteiger partial charge in [0, 0.05) is 25.2 Å². The quantitative estimate of drug-likeness (QED) is 0.589. The number of nitrogens with one attached hydrogen (secondary N) is 1. The Balaban J connectivity index is 1.53. The Morgan fingerprint density at radius 3 is 2.33 bits per heavy atom. The maximum atomic E-state index is 12.8. The van der Waals surface area contributed by atoms with Crippen molar-refractivity contribution in [2.75, 3.05) is 32.7 Å². The van der Waals surface area contributed by atoms with E-state index >= 15 is 0 Å². The molecule has 0 atom stereocenters. The van der Waals surface area contributed by atoms with E-state index in [2.05, 4.69) is 10.2 Å². The van der Waals surface area contributed by atoms with Gasteiger partial charge >= 0.3 is 0 Å². The second-order valence-corrected chi connectivity index (χ2v) is 9.54. The van der Waals surface area contributed by atoms with Gasteiger partial charge in [0.2, 0.25) is 10.0 Å². The lowest BCUT2D eigenvalue weighted by Crippen LogP contribution is -2.30. The number of amides is 1. The lowest BCUT2D eigenvalue weighted by atomic mass is 10.1. The number of sulfonamides is 1. The van der Waals surface area contributed by atoms with Gasteiger partial charge in [0.15, 0.2) is 0 Å². The third-order valence-corrected chi connectivity index (χ3v) is 7.38. The first-order valence-corrected chi connectivity index (χ1v) is 12.1. The first-order valence-electron chi connectivity index (χ1n) is 10.7. The van der Waals surface area contributed by atoms with Crippen molar-refractivity contribution in [1.29, 1.82) is 0 Å². The van der Waals surface area contributed by atoms with Crippen molar-refractivity contribution in [2.24, 2.45) is 0 Å². The molecule has 2 aromatic rings. The van der Waals surface area contributed by atoms with Gasteiger partial charge in [-0.3, -0.25) is 4.79 Å². The number of carbonyl (C=O) groups is 1. The highest BCUT2D eigenvalue weighted by Gasteiger charge is 2.23. The Kier molecular flexibility index (Phi) is 8.01. The molecule has 0 bridgehead atoms. The Morgan fingerprint density at radius 1 is 1.03 bits per heavy atom. The third kappa shape index (κ3) is 5.90. The lowest BCUT2D eigenvalue weighted by Gasteiger charge is -2.20. The average Bonchev–Trinajstić information content (AvgIpc) is 3.29. The molecule has 0 saturated carbocycles. The highest BCUT2D eigenvalue weighted by molar-refractivity contribution is 7.89. The van der Waals surface area contributed by atoms with Crippen LogP contribution in [0.4, 0.5) is 0 Å². The van der Waals surface area contributed by atoms with Crippen molar-refractivity contribution < 1.29 is 13.2 Å². The van der Waals surface area contributed by atoms with E-state index in [1.54, 1.807) is 42.5 Å². The zero-order valence-corrected chi connectivity index (χ0v) is 18.4. The Labute approximate surface area is 179 Å². The molecule has 0 radical (unpaired) electrons. The summed E-state index contributed by atoms with van der Waals surface area (Å²) in [4.78, 5) is 15.1. The minimum atomic E-state index is -3.55. The molecule has 6 nitrogen and oxygen atoms in total. The summed E-state index contributed by atoms with van der Waals surface area (Å²) in [5.41, 5.74) is 1.44. The summed E-state index contributed by atoms with van der Waals surface area (Å²) in [6, 6.07) is 15.6. The zero-order chi connectivity index (χ0) is 21.4. The fourth-order valence-electron chi connectivity index (χ4n) is 3.69. The highest BCUT2D eigenvalue weighted by Crippen LogP contribution is 2.18. The van der Waals surface area contributed by atoms with Crippen LogP contribution in [0.15, 0.2) is 59.5 Å². The topological polar surface area (TPSA) is 69.7 Å². The van der Waals surface area contributed by atoms with Gasteiger partial charge in [-0.1, -0.05) is 37.3 Å². The number of benzene rings is 2. The summed E-state index contributed by atoms with van der Waals surface area (Å²) in [7, 11) is -3.55. The lowest BCUT2D eigenvalue weighted by molar-refractivity contribution is 0.0952. The van der Waals surface area contributed by atoms with E-state index in [0.717, 1.165) is 18.5 Å². The van der Waals surface area contributed by atoms with E-state index in [9.17, 15) is 13.2 Å². The molecule has 2 aromatic carbocycles. The van der Waals surface area contributed by atoms with Crippen LogP contribution in [-0.4, -0.2) is 56.3 Å². The normalized spacial score (nSPS) is 14.9. The molecule has 0 unspecified atom stereocenters. The van der Waals surface area contributed by atoms with Gasteiger partial charge in [-0.15, -0.1) is 0 Å². The van der Waals surface area contributed by atoms with E-state index in [1.807, 2.05) is 19.1 Å². The van der Waals surface area contributed by atoms with Gasteiger partial charge in [-0.25, -0.2) is 8.42 Å². The number of hydrogen-bond acceptors (Lipinski definition) is 4. The zero-order valence-electron chi connectivity index (χ0n) is 17.6. The summed E-state index contributed by atoms with van der Waals surface area (Å²) >= 11 is 0. The monoisotopic (exact) mass is 429 g/mol. The van der Waals surface area contributed by atoms with Crippen LogP contribution in [0.5, 0.6) is 0 Å². The molecule has 1 amide bonds. The molecule has 1 fully saturated rings. The smallest absolute Gasteiger partial charge is 0.251 e. The van der Waals surface area contributed by atoms with Crippen LogP contribution in [0.2, 0.25) is 0 Å². The fourth-order valence-corrected chi connectivity index (χ4v) is 5.14. The standard InChI is InChI=1S/C23H31N3O3S/c1-2-26(30(28,29)22-9-4-3-5-10-22)19-20-11-13-21(14-12-20)23(27)24-15-8-18-25-16-6-7-17-25/h3-5,9-14H,2,6-8,15-19H2,1H3,(H,24,27). The predicted octanol–water partition coefficient (Wildman–Crippen LogP) is 3.11. The maximum Gasteiger partial charge on any atom is 0.251 e. The van der Waals surface area contributed by atoms with E-state index in [-0.39, 0.29) is 17.3 Å². The van der Waals surface area contributed by atoms with Crippen LogP contribution in [-0.2, 0) is 16.6 Å². The van der Waals surface area contributed by atoms with Crippen molar-refractivity contribution in [1.82, 2.24) is 14.5 Å². The van der Waals surface area contributed by atoms with Crippen LogP contribution < -0.4 is 5.32 Å². The van der Waals surface area contributed by atoms with Gasteiger partial charge in [0.25, 0.3) is 5.91 Å². The first-order chi connectivity index (χ1) is 14.5. The van der Waals surface area contributed by atoms with Crippen molar-refractivity contribution in [3.8, 4) is 0 Å².